The highest BCUT2D eigenvalue weighted by atomic mass is 16.5. The molecule has 0 aliphatic rings. The number of H-pyrrole nitrogens is 1. The van der Waals surface area contributed by atoms with Crippen molar-refractivity contribution >= 4 is 11.9 Å². The number of aryl methyl sites for hydroxylation is 1. The lowest BCUT2D eigenvalue weighted by Gasteiger charge is -2.13. The van der Waals surface area contributed by atoms with E-state index in [1.807, 2.05) is 19.1 Å². The molecule has 0 amide bonds. The first-order valence-electron chi connectivity index (χ1n) is 8.13. The number of methoxy groups -OCH3 is 1. The van der Waals surface area contributed by atoms with Crippen molar-refractivity contribution in [1.82, 2.24) is 15.2 Å². The summed E-state index contributed by atoms with van der Waals surface area (Å²) in [5, 5.41) is 14.0. The number of nitrogens with zero attached hydrogens (tertiary/aromatic N) is 2. The van der Waals surface area contributed by atoms with E-state index in [0.717, 1.165) is 23.0 Å². The van der Waals surface area contributed by atoms with Gasteiger partial charge in [0, 0.05) is 17.3 Å². The van der Waals surface area contributed by atoms with Crippen LogP contribution in [0.25, 0.3) is 11.1 Å². The van der Waals surface area contributed by atoms with E-state index in [1.54, 1.807) is 19.1 Å². The summed E-state index contributed by atoms with van der Waals surface area (Å²) < 4.78 is 10.9. The summed E-state index contributed by atoms with van der Waals surface area (Å²) in [6, 6.07) is 7.18. The van der Waals surface area contributed by atoms with Gasteiger partial charge in [0.1, 0.15) is 5.75 Å². The van der Waals surface area contributed by atoms with Gasteiger partial charge < -0.3 is 20.6 Å². The second kappa shape index (κ2) is 7.28. The van der Waals surface area contributed by atoms with Crippen LogP contribution < -0.4 is 20.8 Å². The van der Waals surface area contributed by atoms with E-state index in [2.05, 4.69) is 15.2 Å². The average molecular weight is 365 g/mol. The zero-order valence-corrected chi connectivity index (χ0v) is 15.2. The fourth-order valence-corrected chi connectivity index (χ4v) is 2.77. The van der Waals surface area contributed by atoms with Crippen LogP contribution in [0.3, 0.4) is 0 Å². The van der Waals surface area contributed by atoms with Crippen molar-refractivity contribution in [1.29, 1.82) is 5.41 Å². The molecule has 0 fully saturated rings. The van der Waals surface area contributed by atoms with E-state index < -0.39 is 0 Å². The van der Waals surface area contributed by atoms with Crippen LogP contribution in [0.2, 0.25) is 0 Å². The van der Waals surface area contributed by atoms with Gasteiger partial charge in [-0.25, -0.2) is 10.1 Å². The molecule has 0 spiro atoms. The molecule has 138 valence electrons. The number of rotatable bonds is 5. The number of nitrogens with one attached hydrogen (secondary N) is 2. The van der Waals surface area contributed by atoms with E-state index in [-0.39, 0.29) is 17.1 Å². The third kappa shape index (κ3) is 3.37. The molecule has 0 unspecified atom stereocenters. The van der Waals surface area contributed by atoms with Crippen LogP contribution >= 0.6 is 0 Å². The molecule has 0 atom stereocenters. The van der Waals surface area contributed by atoms with Crippen molar-refractivity contribution in [2.45, 2.75) is 13.8 Å². The fraction of sp³-hybridized carbons (Fsp3) is 0.158. The molecule has 3 aromatic rings. The number of aromatic amines is 1. The summed E-state index contributed by atoms with van der Waals surface area (Å²) in [6.45, 7) is 3.59. The molecular formula is C19H19N5O3. The van der Waals surface area contributed by atoms with Crippen LogP contribution in [0.15, 0.2) is 35.3 Å². The predicted molar refractivity (Wildman–Crippen MR) is 103 cm³/mol. The van der Waals surface area contributed by atoms with E-state index in [9.17, 15) is 4.79 Å². The molecule has 0 aliphatic heterocycles. The molecule has 4 N–H and O–H groups in total. The normalized spacial score (nSPS) is 10.5. The first kappa shape index (κ1) is 18.1. The molecule has 8 nitrogen and oxygen atoms in total. The summed E-state index contributed by atoms with van der Waals surface area (Å²) in [5.74, 6) is 1.11. The summed E-state index contributed by atoms with van der Waals surface area (Å²) >= 11 is 0. The van der Waals surface area contributed by atoms with Gasteiger partial charge in [-0.05, 0) is 31.5 Å². The fourth-order valence-electron chi connectivity index (χ4n) is 2.77. The van der Waals surface area contributed by atoms with Crippen LogP contribution in [-0.2, 0) is 0 Å². The van der Waals surface area contributed by atoms with E-state index in [1.165, 1.54) is 13.3 Å². The van der Waals surface area contributed by atoms with Gasteiger partial charge in [-0.1, -0.05) is 12.1 Å². The van der Waals surface area contributed by atoms with Crippen molar-refractivity contribution in [2.75, 3.05) is 12.8 Å². The molecule has 0 radical (unpaired) electrons. The molecule has 0 saturated carbocycles. The van der Waals surface area contributed by atoms with Gasteiger partial charge in [0.2, 0.25) is 5.88 Å². The van der Waals surface area contributed by atoms with E-state index in [4.69, 9.17) is 20.6 Å². The molecule has 27 heavy (non-hydrogen) atoms. The summed E-state index contributed by atoms with van der Waals surface area (Å²) in [4.78, 5) is 16.0. The Morgan fingerprint density at radius 2 is 1.93 bits per heavy atom. The molecule has 1 aromatic carbocycles. The smallest absolute Gasteiger partial charge is 0.267 e. The number of nitrogens with two attached hydrogens (primary N) is 1. The SMILES string of the molecule is COc1cnc(Oc2ccc(-c3c(C)n[nH]c(=O)c3C)cc2)c(C=N)c1N. The number of pyridine rings is 1. The van der Waals surface area contributed by atoms with Crippen LogP contribution in [0, 0.1) is 19.3 Å². The number of nitrogen functional groups attached to an aromatic ring is 1. The molecule has 0 bridgehead atoms. The Morgan fingerprint density at radius 1 is 1.22 bits per heavy atom. The Hall–Kier alpha value is -3.68. The lowest BCUT2D eigenvalue weighted by Crippen LogP contribution is -2.14. The van der Waals surface area contributed by atoms with Crippen LogP contribution in [-0.4, -0.2) is 28.5 Å². The van der Waals surface area contributed by atoms with Crippen molar-refractivity contribution in [2.24, 2.45) is 0 Å². The Morgan fingerprint density at radius 3 is 2.56 bits per heavy atom. The van der Waals surface area contributed by atoms with Crippen molar-refractivity contribution < 1.29 is 9.47 Å². The minimum atomic E-state index is -0.218. The second-order valence-electron chi connectivity index (χ2n) is 5.87. The Labute approximate surface area is 155 Å². The molecule has 2 aromatic heterocycles. The van der Waals surface area contributed by atoms with Gasteiger partial charge in [-0.2, -0.15) is 5.10 Å². The van der Waals surface area contributed by atoms with Gasteiger partial charge in [-0.3, -0.25) is 4.79 Å². The maximum Gasteiger partial charge on any atom is 0.267 e. The first-order valence-corrected chi connectivity index (χ1v) is 8.13. The summed E-state index contributed by atoms with van der Waals surface area (Å²) in [6.07, 6.45) is 2.52. The molecule has 2 heterocycles. The van der Waals surface area contributed by atoms with Gasteiger partial charge in [0.15, 0.2) is 5.75 Å². The van der Waals surface area contributed by atoms with Crippen molar-refractivity contribution in [3.8, 4) is 28.5 Å². The predicted octanol–water partition coefficient (Wildman–Crippen LogP) is 2.83. The van der Waals surface area contributed by atoms with Gasteiger partial charge in [-0.15, -0.1) is 0 Å². The third-order valence-electron chi connectivity index (χ3n) is 4.21. The molecule has 0 saturated heterocycles. The highest BCUT2D eigenvalue weighted by Crippen LogP contribution is 2.33. The van der Waals surface area contributed by atoms with Crippen LogP contribution in [0.4, 0.5) is 5.69 Å². The van der Waals surface area contributed by atoms with Crippen LogP contribution in [0.1, 0.15) is 16.8 Å². The van der Waals surface area contributed by atoms with Gasteiger partial charge >= 0.3 is 0 Å². The maximum absolute atomic E-state index is 11.8. The lowest BCUT2D eigenvalue weighted by atomic mass is 10.0. The summed E-state index contributed by atoms with van der Waals surface area (Å²) in [7, 11) is 1.48. The largest absolute Gasteiger partial charge is 0.493 e. The highest BCUT2D eigenvalue weighted by Gasteiger charge is 2.14. The van der Waals surface area contributed by atoms with Crippen LogP contribution in [0.5, 0.6) is 17.4 Å². The van der Waals surface area contributed by atoms with E-state index in [0.29, 0.717) is 22.6 Å². The number of anilines is 1. The highest BCUT2D eigenvalue weighted by molar-refractivity contribution is 5.90. The zero-order chi connectivity index (χ0) is 19.6. The average Bonchev–Trinajstić information content (AvgIpc) is 2.67. The number of benzene rings is 1. The van der Waals surface area contributed by atoms with Gasteiger partial charge in [0.25, 0.3) is 5.56 Å². The van der Waals surface area contributed by atoms with E-state index >= 15 is 0 Å². The molecule has 3 rings (SSSR count). The second-order valence-corrected chi connectivity index (χ2v) is 5.87. The Bertz CT molecular complexity index is 1060. The topological polar surface area (TPSA) is 127 Å². The third-order valence-corrected chi connectivity index (χ3v) is 4.21. The quantitative estimate of drug-likeness (QED) is 0.597. The van der Waals surface area contributed by atoms with Crippen molar-refractivity contribution in [3.63, 3.8) is 0 Å². The minimum Gasteiger partial charge on any atom is -0.493 e. The Balaban J connectivity index is 1.94. The molecular weight excluding hydrogens is 346 g/mol. The minimum absolute atomic E-state index is 0.209. The number of hydrogen-bond donors (Lipinski definition) is 3. The number of hydrogen-bond acceptors (Lipinski definition) is 7. The van der Waals surface area contributed by atoms with Gasteiger partial charge in [0.05, 0.1) is 30.3 Å². The summed E-state index contributed by atoms with van der Waals surface area (Å²) in [5.41, 5.74) is 9.35. The number of ether oxygens (including phenoxy) is 2. The Kier molecular flexibility index (Phi) is 4.89. The zero-order valence-electron chi connectivity index (χ0n) is 15.2. The first-order chi connectivity index (χ1) is 13.0. The molecule has 0 aliphatic carbocycles. The number of aromatic nitrogens is 3. The van der Waals surface area contributed by atoms with Crippen molar-refractivity contribution in [3.05, 3.63) is 57.6 Å². The lowest BCUT2D eigenvalue weighted by molar-refractivity contribution is 0.410. The monoisotopic (exact) mass is 365 g/mol. The standard InChI is InChI=1S/C19H19N5O3/c1-10-16(11(2)23-24-18(10)25)12-4-6-13(7-5-12)27-19-14(8-20)17(21)15(26-3)9-22-19/h4-9,20H,1-3H3,(H2,21,22)(H,24,25). The molecule has 8 heteroatoms. The maximum atomic E-state index is 11.8.